The largest absolute Gasteiger partial charge is 0.443 e. The van der Waals surface area contributed by atoms with Crippen LogP contribution in [0.3, 0.4) is 0 Å². The van der Waals surface area contributed by atoms with Gasteiger partial charge < -0.3 is 4.42 Å². The lowest BCUT2D eigenvalue weighted by Crippen LogP contribution is -1.95. The Bertz CT molecular complexity index is 1350. The molecule has 0 fully saturated rings. The molecule has 8 heteroatoms. The van der Waals surface area contributed by atoms with Gasteiger partial charge in [-0.15, -0.1) is 10.2 Å². The van der Waals surface area contributed by atoms with Gasteiger partial charge in [0.15, 0.2) is 35.3 Å². The summed E-state index contributed by atoms with van der Waals surface area (Å²) in [4.78, 5) is 3.97. The number of hydrogen-bond acceptors (Lipinski definition) is 4. The van der Waals surface area contributed by atoms with E-state index in [2.05, 4.69) is 15.2 Å². The Morgan fingerprint density at radius 3 is 2.52 bits per heavy atom. The Labute approximate surface area is 162 Å². The van der Waals surface area contributed by atoms with E-state index >= 15 is 0 Å². The first kappa shape index (κ1) is 17.2. The number of benzene rings is 2. The van der Waals surface area contributed by atoms with Crippen molar-refractivity contribution in [3.05, 3.63) is 84.6 Å². The Kier molecular flexibility index (Phi) is 3.90. The highest BCUT2D eigenvalue weighted by molar-refractivity contribution is 5.77. The van der Waals surface area contributed by atoms with Gasteiger partial charge in [-0.3, -0.25) is 4.40 Å². The SMILES string of the molecule is Fc1cc(F)c(F)c(-c2ncoc2-c2ccc3nnc(-c4ccccc4)n3c2)c1. The van der Waals surface area contributed by atoms with E-state index in [0.29, 0.717) is 23.1 Å². The molecule has 0 aliphatic carbocycles. The molecule has 142 valence electrons. The minimum Gasteiger partial charge on any atom is -0.443 e. The maximum Gasteiger partial charge on any atom is 0.182 e. The van der Waals surface area contributed by atoms with Crippen molar-refractivity contribution in [1.82, 2.24) is 19.6 Å². The zero-order valence-electron chi connectivity index (χ0n) is 14.7. The summed E-state index contributed by atoms with van der Waals surface area (Å²) >= 11 is 0. The highest BCUT2D eigenvalue weighted by Crippen LogP contribution is 2.34. The van der Waals surface area contributed by atoms with Crippen molar-refractivity contribution in [1.29, 1.82) is 0 Å². The van der Waals surface area contributed by atoms with Crippen molar-refractivity contribution in [2.45, 2.75) is 0 Å². The van der Waals surface area contributed by atoms with Gasteiger partial charge in [-0.1, -0.05) is 30.3 Å². The number of fused-ring (bicyclic) bond motifs is 1. The van der Waals surface area contributed by atoms with Gasteiger partial charge in [-0.05, 0) is 18.2 Å². The summed E-state index contributed by atoms with van der Waals surface area (Å²) in [6.45, 7) is 0. The van der Waals surface area contributed by atoms with E-state index < -0.39 is 17.5 Å². The monoisotopic (exact) mass is 392 g/mol. The van der Waals surface area contributed by atoms with Gasteiger partial charge in [-0.25, -0.2) is 18.2 Å². The first-order chi connectivity index (χ1) is 14.1. The third-order valence-electron chi connectivity index (χ3n) is 4.51. The fraction of sp³-hybridized carbons (Fsp3) is 0. The molecule has 5 aromatic rings. The van der Waals surface area contributed by atoms with Crippen LogP contribution in [-0.4, -0.2) is 19.6 Å². The van der Waals surface area contributed by atoms with Crippen molar-refractivity contribution in [2.24, 2.45) is 0 Å². The molecule has 0 aliphatic rings. The van der Waals surface area contributed by atoms with Crippen LogP contribution in [0.2, 0.25) is 0 Å². The number of aromatic nitrogens is 4. The van der Waals surface area contributed by atoms with Crippen LogP contribution in [0, 0.1) is 17.5 Å². The fourth-order valence-electron chi connectivity index (χ4n) is 3.18. The summed E-state index contributed by atoms with van der Waals surface area (Å²) in [6, 6.07) is 14.2. The summed E-state index contributed by atoms with van der Waals surface area (Å²) in [7, 11) is 0. The predicted octanol–water partition coefficient (Wildman–Crippen LogP) is 5.14. The number of halogens is 3. The average molecular weight is 392 g/mol. The average Bonchev–Trinajstić information content (AvgIpc) is 3.38. The van der Waals surface area contributed by atoms with Crippen molar-refractivity contribution in [3.8, 4) is 34.0 Å². The van der Waals surface area contributed by atoms with Crippen LogP contribution in [0.5, 0.6) is 0 Å². The highest BCUT2D eigenvalue weighted by atomic mass is 19.2. The highest BCUT2D eigenvalue weighted by Gasteiger charge is 2.21. The fourth-order valence-corrected chi connectivity index (χ4v) is 3.18. The standard InChI is InChI=1S/C21H11F3N4O/c22-14-8-15(18(24)16(23)9-14)19-20(29-11-25-19)13-6-7-17-26-27-21(28(17)10-13)12-4-2-1-3-5-12/h1-11H. The Hall–Kier alpha value is -3.94. The molecular weight excluding hydrogens is 381 g/mol. The van der Waals surface area contributed by atoms with E-state index in [1.54, 1.807) is 22.7 Å². The number of oxazole rings is 1. The van der Waals surface area contributed by atoms with Gasteiger partial charge in [0.05, 0.1) is 0 Å². The van der Waals surface area contributed by atoms with Crippen molar-refractivity contribution in [2.75, 3.05) is 0 Å². The molecule has 0 spiro atoms. The summed E-state index contributed by atoms with van der Waals surface area (Å²) in [5.41, 5.74) is 1.64. The lowest BCUT2D eigenvalue weighted by atomic mass is 10.1. The Balaban J connectivity index is 1.68. The van der Waals surface area contributed by atoms with Crippen LogP contribution in [0.25, 0.3) is 39.6 Å². The molecule has 29 heavy (non-hydrogen) atoms. The van der Waals surface area contributed by atoms with Crippen LogP contribution < -0.4 is 0 Å². The van der Waals surface area contributed by atoms with Crippen molar-refractivity contribution < 1.29 is 17.6 Å². The van der Waals surface area contributed by atoms with Crippen molar-refractivity contribution in [3.63, 3.8) is 0 Å². The molecule has 0 bridgehead atoms. The molecule has 0 amide bonds. The second kappa shape index (κ2) is 6.59. The van der Waals surface area contributed by atoms with Gasteiger partial charge in [0.1, 0.15) is 11.5 Å². The normalized spacial score (nSPS) is 11.3. The Morgan fingerprint density at radius 2 is 1.69 bits per heavy atom. The topological polar surface area (TPSA) is 56.2 Å². The van der Waals surface area contributed by atoms with Crippen LogP contribution in [-0.2, 0) is 0 Å². The van der Waals surface area contributed by atoms with E-state index in [1.165, 1.54) is 0 Å². The number of rotatable bonds is 3. The molecule has 2 aromatic carbocycles. The van der Waals surface area contributed by atoms with Gasteiger partial charge in [0, 0.05) is 29.0 Å². The minimum absolute atomic E-state index is 0.00501. The summed E-state index contributed by atoms with van der Waals surface area (Å²) in [5, 5.41) is 8.36. The van der Waals surface area contributed by atoms with E-state index in [9.17, 15) is 13.2 Å². The maximum atomic E-state index is 14.3. The zero-order valence-corrected chi connectivity index (χ0v) is 14.7. The molecule has 0 saturated heterocycles. The number of nitrogens with zero attached hydrogens (tertiary/aromatic N) is 4. The number of hydrogen-bond donors (Lipinski definition) is 0. The molecule has 0 aliphatic heterocycles. The van der Waals surface area contributed by atoms with E-state index in [0.717, 1.165) is 18.0 Å². The van der Waals surface area contributed by atoms with E-state index in [1.807, 2.05) is 30.3 Å². The smallest absolute Gasteiger partial charge is 0.182 e. The first-order valence-electron chi connectivity index (χ1n) is 8.61. The predicted molar refractivity (Wildman–Crippen MR) is 99.2 cm³/mol. The van der Waals surface area contributed by atoms with Crippen LogP contribution in [0.4, 0.5) is 13.2 Å². The molecule has 5 nitrogen and oxygen atoms in total. The lowest BCUT2D eigenvalue weighted by molar-refractivity contribution is 0.497. The summed E-state index contributed by atoms with van der Waals surface area (Å²) in [5.74, 6) is -2.63. The molecule has 3 aromatic heterocycles. The van der Waals surface area contributed by atoms with Crippen LogP contribution >= 0.6 is 0 Å². The van der Waals surface area contributed by atoms with Crippen LogP contribution in [0.15, 0.2) is 71.6 Å². The second-order valence-corrected chi connectivity index (χ2v) is 6.31. The van der Waals surface area contributed by atoms with E-state index in [4.69, 9.17) is 4.42 Å². The molecular formula is C21H11F3N4O. The Morgan fingerprint density at radius 1 is 0.862 bits per heavy atom. The molecule has 5 rings (SSSR count). The maximum absolute atomic E-state index is 14.3. The minimum atomic E-state index is -1.30. The zero-order chi connectivity index (χ0) is 20.0. The summed E-state index contributed by atoms with van der Waals surface area (Å²) < 4.78 is 48.8. The molecule has 0 radical (unpaired) electrons. The van der Waals surface area contributed by atoms with Crippen LogP contribution in [0.1, 0.15) is 0 Å². The summed E-state index contributed by atoms with van der Waals surface area (Å²) in [6.07, 6.45) is 2.80. The van der Waals surface area contributed by atoms with Gasteiger partial charge in [-0.2, -0.15) is 0 Å². The molecule has 3 heterocycles. The molecule has 0 N–H and O–H groups in total. The molecule has 0 atom stereocenters. The van der Waals surface area contributed by atoms with Gasteiger partial charge in [0.2, 0.25) is 0 Å². The molecule has 0 unspecified atom stereocenters. The van der Waals surface area contributed by atoms with Gasteiger partial charge in [0.25, 0.3) is 0 Å². The van der Waals surface area contributed by atoms with Crippen molar-refractivity contribution >= 4 is 5.65 Å². The number of pyridine rings is 1. The third-order valence-corrected chi connectivity index (χ3v) is 4.51. The lowest BCUT2D eigenvalue weighted by Gasteiger charge is -2.06. The quantitative estimate of drug-likeness (QED) is 0.399. The van der Waals surface area contributed by atoms with E-state index in [-0.39, 0.29) is 17.0 Å². The molecule has 0 saturated carbocycles. The second-order valence-electron chi connectivity index (χ2n) is 6.31. The first-order valence-corrected chi connectivity index (χ1v) is 8.61. The van der Waals surface area contributed by atoms with Gasteiger partial charge >= 0.3 is 0 Å². The third kappa shape index (κ3) is 2.85.